The molecule has 2 unspecified atom stereocenters. The Labute approximate surface area is 148 Å². The van der Waals surface area contributed by atoms with Gasteiger partial charge in [-0.3, -0.25) is 14.4 Å². The number of rotatable bonds is 5. The van der Waals surface area contributed by atoms with Gasteiger partial charge in [0, 0.05) is 11.3 Å². The van der Waals surface area contributed by atoms with Crippen molar-refractivity contribution >= 4 is 29.0 Å². The molecule has 7 heteroatoms. The fourth-order valence-electron chi connectivity index (χ4n) is 2.66. The summed E-state index contributed by atoms with van der Waals surface area (Å²) in [5.41, 5.74) is 0.398. The van der Waals surface area contributed by atoms with Crippen LogP contribution in [0.5, 0.6) is 0 Å². The van der Waals surface area contributed by atoms with Gasteiger partial charge in [-0.2, -0.15) is 0 Å². The Morgan fingerprint density at radius 2 is 1.50 bits per heavy atom. The molecule has 1 fully saturated rings. The largest absolute Gasteiger partial charge is 0.326 e. The summed E-state index contributed by atoms with van der Waals surface area (Å²) < 4.78 is 27.2. The number of para-hydroxylation sites is 1. The fraction of sp³-hybridized carbons (Fsp3) is 0.211. The van der Waals surface area contributed by atoms with Crippen molar-refractivity contribution in [2.75, 3.05) is 10.6 Å². The molecule has 0 bridgehead atoms. The first-order valence-corrected chi connectivity index (χ1v) is 8.03. The molecule has 0 aromatic heterocycles. The molecule has 1 aliphatic carbocycles. The molecule has 2 aromatic carbocycles. The van der Waals surface area contributed by atoms with Crippen LogP contribution in [-0.4, -0.2) is 17.6 Å². The maximum absolute atomic E-state index is 13.6. The highest BCUT2D eigenvalue weighted by Gasteiger charge is 2.48. The number of ketones is 1. The quantitative estimate of drug-likeness (QED) is 0.805. The summed E-state index contributed by atoms with van der Waals surface area (Å²) in [6, 6.07) is 9.74. The summed E-state index contributed by atoms with van der Waals surface area (Å²) in [5, 5.41) is 4.85. The molecule has 2 N–H and O–H groups in total. The Balaban J connectivity index is 1.61. The molecular weight excluding hydrogens is 342 g/mol. The lowest BCUT2D eigenvalue weighted by Crippen LogP contribution is -2.21. The van der Waals surface area contributed by atoms with Crippen LogP contribution >= 0.6 is 0 Å². The van der Waals surface area contributed by atoms with E-state index in [1.54, 1.807) is 24.3 Å². The molecule has 0 saturated heterocycles. The number of carbonyl (C=O) groups is 3. The third-order valence-electron chi connectivity index (χ3n) is 4.21. The molecule has 134 valence electrons. The van der Waals surface area contributed by atoms with Crippen molar-refractivity contribution in [2.24, 2.45) is 11.8 Å². The molecule has 1 aliphatic rings. The number of amides is 2. The predicted octanol–water partition coefficient (Wildman–Crippen LogP) is 3.38. The van der Waals surface area contributed by atoms with Gasteiger partial charge < -0.3 is 10.6 Å². The summed E-state index contributed by atoms with van der Waals surface area (Å²) in [7, 11) is 0. The Morgan fingerprint density at radius 1 is 0.923 bits per heavy atom. The van der Waals surface area contributed by atoms with E-state index >= 15 is 0 Å². The molecule has 0 heterocycles. The van der Waals surface area contributed by atoms with Crippen LogP contribution in [0.3, 0.4) is 0 Å². The van der Waals surface area contributed by atoms with E-state index in [9.17, 15) is 23.2 Å². The molecular formula is C19H16F2N2O3. The molecule has 1 saturated carbocycles. The second kappa shape index (κ2) is 7.03. The minimum absolute atomic E-state index is 0.128. The maximum atomic E-state index is 13.6. The van der Waals surface area contributed by atoms with Gasteiger partial charge in [0.2, 0.25) is 11.8 Å². The van der Waals surface area contributed by atoms with Crippen molar-refractivity contribution in [1.82, 2.24) is 0 Å². The van der Waals surface area contributed by atoms with Gasteiger partial charge >= 0.3 is 0 Å². The summed E-state index contributed by atoms with van der Waals surface area (Å²) in [5.74, 6) is -4.08. The number of halogens is 2. The third kappa shape index (κ3) is 3.77. The van der Waals surface area contributed by atoms with E-state index in [4.69, 9.17) is 0 Å². The zero-order chi connectivity index (χ0) is 18.8. The topological polar surface area (TPSA) is 75.3 Å². The summed E-state index contributed by atoms with van der Waals surface area (Å²) in [6.07, 6.45) is 0.292. The van der Waals surface area contributed by atoms with Crippen LogP contribution in [0.25, 0.3) is 0 Å². The normalized spacial score (nSPS) is 18.1. The van der Waals surface area contributed by atoms with Crippen molar-refractivity contribution in [3.63, 3.8) is 0 Å². The van der Waals surface area contributed by atoms with Gasteiger partial charge in [0.1, 0.15) is 17.3 Å². The smallest absolute Gasteiger partial charge is 0.228 e. The summed E-state index contributed by atoms with van der Waals surface area (Å²) >= 11 is 0. The highest BCUT2D eigenvalue weighted by atomic mass is 19.1. The number of hydrogen-bond donors (Lipinski definition) is 2. The van der Waals surface area contributed by atoms with Crippen LogP contribution in [-0.2, 0) is 9.59 Å². The van der Waals surface area contributed by atoms with Gasteiger partial charge in [-0.05, 0) is 37.6 Å². The van der Waals surface area contributed by atoms with Crippen LogP contribution in [0.15, 0.2) is 42.5 Å². The molecule has 0 radical (unpaired) electrons. The monoisotopic (exact) mass is 358 g/mol. The van der Waals surface area contributed by atoms with Crippen LogP contribution in [0.2, 0.25) is 0 Å². The number of hydrogen-bond acceptors (Lipinski definition) is 3. The van der Waals surface area contributed by atoms with E-state index in [-0.39, 0.29) is 11.7 Å². The number of carbonyl (C=O) groups excluding carboxylic acids is 3. The average Bonchev–Trinajstić information content (AvgIpc) is 3.39. The molecule has 0 aliphatic heterocycles. The number of Topliss-reactive ketones (excluding diaryl/α,β-unsaturated/α-hetero) is 1. The van der Waals surface area contributed by atoms with Crippen LogP contribution in [0.4, 0.5) is 20.2 Å². The first-order chi connectivity index (χ1) is 12.4. The second-order valence-electron chi connectivity index (χ2n) is 6.16. The molecule has 2 amide bonds. The standard InChI is InChI=1S/C19H16F2N2O3/c1-10(24)11-4-2-5-12(8-11)22-18(25)13-9-14(13)19(26)23-17-15(20)6-3-7-16(17)21/h2-8,13-14H,9H2,1H3,(H,22,25)(H,23,26). The van der Waals surface area contributed by atoms with Gasteiger partial charge in [-0.15, -0.1) is 0 Å². The van der Waals surface area contributed by atoms with Crippen molar-refractivity contribution < 1.29 is 23.2 Å². The van der Waals surface area contributed by atoms with Crippen molar-refractivity contribution in [3.8, 4) is 0 Å². The molecule has 3 rings (SSSR count). The van der Waals surface area contributed by atoms with Crippen LogP contribution < -0.4 is 10.6 Å². The van der Waals surface area contributed by atoms with E-state index in [0.717, 1.165) is 12.1 Å². The third-order valence-corrected chi connectivity index (χ3v) is 4.21. The van der Waals surface area contributed by atoms with E-state index in [1.807, 2.05) is 0 Å². The van der Waals surface area contributed by atoms with Crippen LogP contribution in [0, 0.1) is 23.5 Å². The highest BCUT2D eigenvalue weighted by Crippen LogP contribution is 2.40. The molecule has 2 atom stereocenters. The van der Waals surface area contributed by atoms with E-state index in [1.165, 1.54) is 13.0 Å². The zero-order valence-electron chi connectivity index (χ0n) is 13.9. The van der Waals surface area contributed by atoms with Gasteiger partial charge in [0.05, 0.1) is 11.8 Å². The lowest BCUT2D eigenvalue weighted by atomic mass is 10.1. The molecule has 5 nitrogen and oxygen atoms in total. The lowest BCUT2D eigenvalue weighted by molar-refractivity contribution is -0.122. The Bertz CT molecular complexity index is 878. The van der Waals surface area contributed by atoms with E-state index < -0.39 is 35.1 Å². The minimum atomic E-state index is -0.874. The predicted molar refractivity (Wildman–Crippen MR) is 91.7 cm³/mol. The number of nitrogens with one attached hydrogen (secondary N) is 2. The molecule has 0 spiro atoms. The average molecular weight is 358 g/mol. The fourth-order valence-corrected chi connectivity index (χ4v) is 2.66. The van der Waals surface area contributed by atoms with Crippen LogP contribution in [0.1, 0.15) is 23.7 Å². The van der Waals surface area contributed by atoms with Gasteiger partial charge in [0.25, 0.3) is 0 Å². The summed E-state index contributed by atoms with van der Waals surface area (Å²) in [6.45, 7) is 1.42. The number of anilines is 2. The maximum Gasteiger partial charge on any atom is 0.228 e. The van der Waals surface area contributed by atoms with Crippen molar-refractivity contribution in [1.29, 1.82) is 0 Å². The van der Waals surface area contributed by atoms with Crippen molar-refractivity contribution in [3.05, 3.63) is 59.7 Å². The summed E-state index contributed by atoms with van der Waals surface area (Å²) in [4.78, 5) is 35.7. The van der Waals surface area contributed by atoms with E-state index in [0.29, 0.717) is 17.7 Å². The Morgan fingerprint density at radius 3 is 2.12 bits per heavy atom. The molecule has 26 heavy (non-hydrogen) atoms. The number of benzene rings is 2. The molecule has 2 aromatic rings. The lowest BCUT2D eigenvalue weighted by Gasteiger charge is -2.08. The second-order valence-corrected chi connectivity index (χ2v) is 6.16. The minimum Gasteiger partial charge on any atom is -0.326 e. The first-order valence-electron chi connectivity index (χ1n) is 8.03. The van der Waals surface area contributed by atoms with Gasteiger partial charge in [-0.1, -0.05) is 18.2 Å². The van der Waals surface area contributed by atoms with E-state index in [2.05, 4.69) is 10.6 Å². The van der Waals surface area contributed by atoms with Crippen molar-refractivity contribution in [2.45, 2.75) is 13.3 Å². The van der Waals surface area contributed by atoms with Gasteiger partial charge in [-0.25, -0.2) is 8.78 Å². The Hall–Kier alpha value is -3.09. The first kappa shape index (κ1) is 17.7. The highest BCUT2D eigenvalue weighted by molar-refractivity contribution is 6.04. The zero-order valence-corrected chi connectivity index (χ0v) is 13.9. The SMILES string of the molecule is CC(=O)c1cccc(NC(=O)C2CC2C(=O)Nc2c(F)cccc2F)c1. The Kier molecular flexibility index (Phi) is 4.79. The van der Waals surface area contributed by atoms with Gasteiger partial charge in [0.15, 0.2) is 5.78 Å².